The van der Waals surface area contributed by atoms with Crippen molar-refractivity contribution in [1.82, 2.24) is 20.1 Å². The van der Waals surface area contributed by atoms with Crippen molar-refractivity contribution in [3.05, 3.63) is 41.5 Å². The van der Waals surface area contributed by atoms with E-state index in [2.05, 4.69) is 15.2 Å². The molecule has 0 aliphatic carbocycles. The predicted molar refractivity (Wildman–Crippen MR) is 74.3 cm³/mol. The van der Waals surface area contributed by atoms with Crippen molar-refractivity contribution >= 4 is 5.91 Å². The highest BCUT2D eigenvalue weighted by molar-refractivity contribution is 5.77. The SMILES string of the molecule is Cc1cccc(C)c1OCC(=O)N(C)Cc1ncn[nH]1. The Morgan fingerprint density at radius 2 is 2.05 bits per heavy atom. The van der Waals surface area contributed by atoms with Gasteiger partial charge in [0, 0.05) is 7.05 Å². The van der Waals surface area contributed by atoms with Crippen LogP contribution in [0.25, 0.3) is 0 Å². The molecule has 1 amide bonds. The molecule has 2 rings (SSSR count). The Kier molecular flexibility index (Phi) is 4.34. The first kappa shape index (κ1) is 14.0. The number of hydrogen-bond acceptors (Lipinski definition) is 4. The highest BCUT2D eigenvalue weighted by atomic mass is 16.5. The van der Waals surface area contributed by atoms with Crippen LogP contribution in [0, 0.1) is 13.8 Å². The van der Waals surface area contributed by atoms with E-state index in [1.165, 1.54) is 6.33 Å². The van der Waals surface area contributed by atoms with Gasteiger partial charge in [-0.1, -0.05) is 18.2 Å². The van der Waals surface area contributed by atoms with Gasteiger partial charge in [-0.15, -0.1) is 0 Å². The first-order valence-corrected chi connectivity index (χ1v) is 6.35. The number of ether oxygens (including phenoxy) is 1. The molecule has 0 radical (unpaired) electrons. The Labute approximate surface area is 117 Å². The van der Waals surface area contributed by atoms with Gasteiger partial charge in [0.15, 0.2) is 6.61 Å². The van der Waals surface area contributed by atoms with Gasteiger partial charge in [0.1, 0.15) is 17.9 Å². The van der Waals surface area contributed by atoms with Gasteiger partial charge in [0.05, 0.1) is 6.54 Å². The highest BCUT2D eigenvalue weighted by Crippen LogP contribution is 2.22. The van der Waals surface area contributed by atoms with Crippen LogP contribution in [0.1, 0.15) is 17.0 Å². The van der Waals surface area contributed by atoms with Crippen LogP contribution in [0.3, 0.4) is 0 Å². The second kappa shape index (κ2) is 6.18. The molecule has 20 heavy (non-hydrogen) atoms. The molecular weight excluding hydrogens is 256 g/mol. The fourth-order valence-electron chi connectivity index (χ4n) is 1.89. The van der Waals surface area contributed by atoms with Crippen molar-refractivity contribution in [2.75, 3.05) is 13.7 Å². The lowest BCUT2D eigenvalue weighted by molar-refractivity contribution is -0.132. The van der Waals surface area contributed by atoms with Crippen molar-refractivity contribution in [3.63, 3.8) is 0 Å². The maximum atomic E-state index is 12.0. The van der Waals surface area contributed by atoms with Crippen LogP contribution in [0.15, 0.2) is 24.5 Å². The van der Waals surface area contributed by atoms with Gasteiger partial charge in [-0.3, -0.25) is 9.89 Å². The zero-order valence-electron chi connectivity index (χ0n) is 11.9. The van der Waals surface area contributed by atoms with Gasteiger partial charge < -0.3 is 9.64 Å². The minimum atomic E-state index is -0.107. The number of nitrogens with zero attached hydrogens (tertiary/aromatic N) is 3. The number of aryl methyl sites for hydroxylation is 2. The summed E-state index contributed by atoms with van der Waals surface area (Å²) in [4.78, 5) is 17.5. The molecule has 1 N–H and O–H groups in total. The molecular formula is C14H18N4O2. The van der Waals surface area contributed by atoms with Crippen LogP contribution in [0.4, 0.5) is 0 Å². The molecule has 0 aliphatic heterocycles. The Morgan fingerprint density at radius 3 is 2.65 bits per heavy atom. The Hall–Kier alpha value is -2.37. The number of carbonyl (C=O) groups is 1. The summed E-state index contributed by atoms with van der Waals surface area (Å²) in [6.45, 7) is 4.32. The van der Waals surface area contributed by atoms with Crippen molar-refractivity contribution < 1.29 is 9.53 Å². The molecule has 0 spiro atoms. The summed E-state index contributed by atoms with van der Waals surface area (Å²) >= 11 is 0. The predicted octanol–water partition coefficient (Wildman–Crippen LogP) is 1.46. The van der Waals surface area contributed by atoms with Gasteiger partial charge in [-0.05, 0) is 25.0 Å². The lowest BCUT2D eigenvalue weighted by Gasteiger charge is -2.17. The van der Waals surface area contributed by atoms with E-state index in [1.807, 2.05) is 32.0 Å². The van der Waals surface area contributed by atoms with E-state index in [0.29, 0.717) is 12.4 Å². The van der Waals surface area contributed by atoms with Gasteiger partial charge in [0.25, 0.3) is 5.91 Å². The molecule has 0 saturated heterocycles. The number of hydrogen-bond donors (Lipinski definition) is 1. The first-order valence-electron chi connectivity index (χ1n) is 6.35. The highest BCUT2D eigenvalue weighted by Gasteiger charge is 2.13. The second-order valence-corrected chi connectivity index (χ2v) is 4.69. The average Bonchev–Trinajstić information content (AvgIpc) is 2.90. The van der Waals surface area contributed by atoms with E-state index in [9.17, 15) is 4.79 Å². The summed E-state index contributed by atoms with van der Waals surface area (Å²) < 4.78 is 5.63. The lowest BCUT2D eigenvalue weighted by atomic mass is 10.1. The van der Waals surface area contributed by atoms with E-state index in [-0.39, 0.29) is 12.5 Å². The third kappa shape index (κ3) is 3.34. The molecule has 0 aliphatic rings. The summed E-state index contributed by atoms with van der Waals surface area (Å²) in [5.41, 5.74) is 2.05. The van der Waals surface area contributed by atoms with Crippen molar-refractivity contribution in [2.45, 2.75) is 20.4 Å². The second-order valence-electron chi connectivity index (χ2n) is 4.69. The van der Waals surface area contributed by atoms with Crippen LogP contribution < -0.4 is 4.74 Å². The fourth-order valence-corrected chi connectivity index (χ4v) is 1.89. The van der Waals surface area contributed by atoms with E-state index in [0.717, 1.165) is 16.9 Å². The van der Waals surface area contributed by atoms with Gasteiger partial charge >= 0.3 is 0 Å². The number of rotatable bonds is 5. The molecule has 6 nitrogen and oxygen atoms in total. The topological polar surface area (TPSA) is 71.1 Å². The third-order valence-electron chi connectivity index (χ3n) is 3.03. The largest absolute Gasteiger partial charge is 0.483 e. The monoisotopic (exact) mass is 274 g/mol. The van der Waals surface area contributed by atoms with Crippen LogP contribution >= 0.6 is 0 Å². The smallest absolute Gasteiger partial charge is 0.260 e. The molecule has 1 aromatic carbocycles. The third-order valence-corrected chi connectivity index (χ3v) is 3.03. The molecule has 1 heterocycles. The van der Waals surface area contributed by atoms with E-state index < -0.39 is 0 Å². The van der Waals surface area contributed by atoms with Gasteiger partial charge in [0.2, 0.25) is 0 Å². The first-order chi connectivity index (χ1) is 9.58. The molecule has 6 heteroatoms. The zero-order valence-corrected chi connectivity index (χ0v) is 11.9. The van der Waals surface area contributed by atoms with Crippen LogP contribution in [0.2, 0.25) is 0 Å². The summed E-state index contributed by atoms with van der Waals surface area (Å²) in [6, 6.07) is 5.89. The number of amides is 1. The minimum absolute atomic E-state index is 0.0102. The number of likely N-dealkylation sites (N-methyl/N-ethyl adjacent to an activating group) is 1. The molecule has 0 fully saturated rings. The number of nitrogens with one attached hydrogen (secondary N) is 1. The summed E-state index contributed by atoms with van der Waals surface area (Å²) in [5, 5.41) is 6.47. The molecule has 1 aromatic heterocycles. The Balaban J connectivity index is 1.91. The maximum absolute atomic E-state index is 12.0. The number of benzene rings is 1. The fraction of sp³-hybridized carbons (Fsp3) is 0.357. The number of aromatic nitrogens is 3. The van der Waals surface area contributed by atoms with E-state index in [4.69, 9.17) is 4.74 Å². The van der Waals surface area contributed by atoms with Crippen LogP contribution in [-0.4, -0.2) is 39.6 Å². The van der Waals surface area contributed by atoms with Crippen LogP contribution in [0.5, 0.6) is 5.75 Å². The molecule has 0 atom stereocenters. The van der Waals surface area contributed by atoms with Crippen molar-refractivity contribution in [2.24, 2.45) is 0 Å². The number of carbonyl (C=O) groups excluding carboxylic acids is 1. The molecule has 0 bridgehead atoms. The number of para-hydroxylation sites is 1. The number of H-pyrrole nitrogens is 1. The Bertz CT molecular complexity index is 561. The van der Waals surface area contributed by atoms with Gasteiger partial charge in [-0.2, -0.15) is 5.10 Å². The maximum Gasteiger partial charge on any atom is 0.260 e. The summed E-state index contributed by atoms with van der Waals surface area (Å²) in [7, 11) is 1.71. The summed E-state index contributed by atoms with van der Waals surface area (Å²) in [5.74, 6) is 1.31. The Morgan fingerprint density at radius 1 is 1.35 bits per heavy atom. The number of aromatic amines is 1. The normalized spacial score (nSPS) is 10.3. The van der Waals surface area contributed by atoms with Crippen molar-refractivity contribution in [3.8, 4) is 5.75 Å². The zero-order chi connectivity index (χ0) is 14.5. The van der Waals surface area contributed by atoms with Crippen molar-refractivity contribution in [1.29, 1.82) is 0 Å². The molecule has 0 unspecified atom stereocenters. The molecule has 2 aromatic rings. The van der Waals surface area contributed by atoms with Gasteiger partial charge in [-0.25, -0.2) is 4.98 Å². The lowest BCUT2D eigenvalue weighted by Crippen LogP contribution is -2.31. The van der Waals surface area contributed by atoms with Crippen LogP contribution in [-0.2, 0) is 11.3 Å². The average molecular weight is 274 g/mol. The minimum Gasteiger partial charge on any atom is -0.483 e. The summed E-state index contributed by atoms with van der Waals surface area (Å²) in [6.07, 6.45) is 1.42. The quantitative estimate of drug-likeness (QED) is 0.896. The molecule has 106 valence electrons. The van der Waals surface area contributed by atoms with E-state index in [1.54, 1.807) is 11.9 Å². The standard InChI is InChI=1S/C14H18N4O2/c1-10-5-4-6-11(2)14(10)20-8-13(19)18(3)7-12-15-9-16-17-12/h4-6,9H,7-8H2,1-3H3,(H,15,16,17). The molecule has 0 saturated carbocycles. The van der Waals surface area contributed by atoms with E-state index >= 15 is 0 Å².